The summed E-state index contributed by atoms with van der Waals surface area (Å²) in [5, 5.41) is 17.9. The van der Waals surface area contributed by atoms with Crippen molar-refractivity contribution in [2.24, 2.45) is 11.3 Å². The first-order valence-electron chi connectivity index (χ1n) is 7.11. The maximum atomic E-state index is 11.7. The number of aliphatic carboxylic acids is 1. The number of carbonyl (C=O) groups is 1. The van der Waals surface area contributed by atoms with E-state index in [2.05, 4.69) is 15.2 Å². The van der Waals surface area contributed by atoms with E-state index in [1.165, 1.54) is 0 Å². The molecule has 1 fully saturated rings. The van der Waals surface area contributed by atoms with Crippen LogP contribution < -0.4 is 4.90 Å². The Bertz CT molecular complexity index is 688. The molecule has 1 unspecified atom stereocenters. The standard InChI is InChI=1S/C15H18N4O2/c1-10(2)15(13(20)21)7-8-19(9-15)14-16-11-5-3-4-6-12(11)17-18-14/h3-6,10H,7-9H2,1-2H3,(H,20,21). The molecule has 1 aromatic carbocycles. The maximum absolute atomic E-state index is 11.7. The molecule has 1 aliphatic rings. The van der Waals surface area contributed by atoms with E-state index < -0.39 is 11.4 Å². The minimum atomic E-state index is -0.742. The zero-order valence-electron chi connectivity index (χ0n) is 12.2. The molecule has 1 N–H and O–H groups in total. The summed E-state index contributed by atoms with van der Waals surface area (Å²) in [7, 11) is 0. The Kier molecular flexibility index (Phi) is 3.23. The topological polar surface area (TPSA) is 79.2 Å². The molecule has 2 heterocycles. The van der Waals surface area contributed by atoms with Crippen LogP contribution in [0.25, 0.3) is 11.0 Å². The van der Waals surface area contributed by atoms with E-state index in [1.807, 2.05) is 43.0 Å². The summed E-state index contributed by atoms with van der Waals surface area (Å²) in [4.78, 5) is 18.1. The molecule has 0 aliphatic carbocycles. The quantitative estimate of drug-likeness (QED) is 0.929. The van der Waals surface area contributed by atoms with Crippen molar-refractivity contribution >= 4 is 23.0 Å². The second-order valence-electron chi connectivity index (χ2n) is 5.89. The van der Waals surface area contributed by atoms with Crippen molar-refractivity contribution in [1.82, 2.24) is 15.2 Å². The fourth-order valence-corrected chi connectivity index (χ4v) is 2.90. The maximum Gasteiger partial charge on any atom is 0.311 e. The number of para-hydroxylation sites is 1. The van der Waals surface area contributed by atoms with E-state index in [9.17, 15) is 9.90 Å². The van der Waals surface area contributed by atoms with Gasteiger partial charge in [-0.2, -0.15) is 0 Å². The summed E-state index contributed by atoms with van der Waals surface area (Å²) < 4.78 is 0. The van der Waals surface area contributed by atoms with E-state index in [0.717, 1.165) is 11.0 Å². The molecule has 21 heavy (non-hydrogen) atoms. The molecular formula is C15H18N4O2. The number of carboxylic acids is 1. The summed E-state index contributed by atoms with van der Waals surface area (Å²) in [6.45, 7) is 4.98. The first-order chi connectivity index (χ1) is 10.0. The van der Waals surface area contributed by atoms with Crippen LogP contribution in [-0.4, -0.2) is 39.3 Å². The SMILES string of the molecule is CC(C)C1(C(=O)O)CCN(c2nnc3ccccc3n2)C1. The monoisotopic (exact) mass is 286 g/mol. The predicted molar refractivity (Wildman–Crippen MR) is 79.1 cm³/mol. The van der Waals surface area contributed by atoms with Crippen molar-refractivity contribution < 1.29 is 9.90 Å². The number of aromatic nitrogens is 3. The lowest BCUT2D eigenvalue weighted by atomic mass is 9.76. The number of benzene rings is 1. The number of hydrogen-bond donors (Lipinski definition) is 1. The Labute approximate surface area is 122 Å². The van der Waals surface area contributed by atoms with Crippen molar-refractivity contribution in [1.29, 1.82) is 0 Å². The molecule has 110 valence electrons. The second kappa shape index (κ2) is 4.95. The summed E-state index contributed by atoms with van der Waals surface area (Å²) >= 11 is 0. The van der Waals surface area contributed by atoms with Crippen LogP contribution in [-0.2, 0) is 4.79 Å². The molecular weight excluding hydrogens is 268 g/mol. The zero-order valence-corrected chi connectivity index (χ0v) is 12.2. The van der Waals surface area contributed by atoms with E-state index in [-0.39, 0.29) is 5.92 Å². The van der Waals surface area contributed by atoms with Crippen molar-refractivity contribution in [2.75, 3.05) is 18.0 Å². The van der Waals surface area contributed by atoms with E-state index in [1.54, 1.807) is 0 Å². The molecule has 0 bridgehead atoms. The molecule has 0 spiro atoms. The smallest absolute Gasteiger partial charge is 0.311 e. The normalized spacial score (nSPS) is 22.1. The van der Waals surface area contributed by atoms with E-state index >= 15 is 0 Å². The van der Waals surface area contributed by atoms with Crippen LogP contribution >= 0.6 is 0 Å². The van der Waals surface area contributed by atoms with Crippen molar-refractivity contribution in [3.8, 4) is 0 Å². The minimum Gasteiger partial charge on any atom is -0.481 e. The Balaban J connectivity index is 1.92. The number of nitrogens with zero attached hydrogens (tertiary/aromatic N) is 4. The second-order valence-corrected chi connectivity index (χ2v) is 5.89. The highest BCUT2D eigenvalue weighted by Gasteiger charge is 2.48. The van der Waals surface area contributed by atoms with Gasteiger partial charge in [0.25, 0.3) is 0 Å². The van der Waals surface area contributed by atoms with Crippen LogP contribution in [0.5, 0.6) is 0 Å². The van der Waals surface area contributed by atoms with Gasteiger partial charge in [-0.05, 0) is 24.5 Å². The highest BCUT2D eigenvalue weighted by atomic mass is 16.4. The Morgan fingerprint density at radius 1 is 1.29 bits per heavy atom. The van der Waals surface area contributed by atoms with Crippen LogP contribution in [0, 0.1) is 11.3 Å². The number of carboxylic acid groups (broad SMARTS) is 1. The van der Waals surface area contributed by atoms with Gasteiger partial charge < -0.3 is 10.0 Å². The molecule has 6 nitrogen and oxygen atoms in total. The molecule has 1 atom stereocenters. The predicted octanol–water partition coefficient (Wildman–Crippen LogP) is 1.96. The zero-order chi connectivity index (χ0) is 15.0. The van der Waals surface area contributed by atoms with Crippen molar-refractivity contribution in [3.05, 3.63) is 24.3 Å². The van der Waals surface area contributed by atoms with Gasteiger partial charge in [-0.3, -0.25) is 4.79 Å². The van der Waals surface area contributed by atoms with Gasteiger partial charge in [0, 0.05) is 13.1 Å². The van der Waals surface area contributed by atoms with Crippen LogP contribution in [0.2, 0.25) is 0 Å². The van der Waals surface area contributed by atoms with E-state index in [0.29, 0.717) is 25.5 Å². The molecule has 2 aromatic rings. The third-order valence-corrected chi connectivity index (χ3v) is 4.46. The van der Waals surface area contributed by atoms with Crippen molar-refractivity contribution in [2.45, 2.75) is 20.3 Å². The number of anilines is 1. The molecule has 1 aliphatic heterocycles. The van der Waals surface area contributed by atoms with E-state index in [4.69, 9.17) is 0 Å². The molecule has 0 saturated carbocycles. The fourth-order valence-electron chi connectivity index (χ4n) is 2.90. The van der Waals surface area contributed by atoms with Gasteiger partial charge in [0.05, 0.1) is 10.9 Å². The summed E-state index contributed by atoms with van der Waals surface area (Å²) in [5.41, 5.74) is 0.795. The number of hydrogen-bond acceptors (Lipinski definition) is 5. The highest BCUT2D eigenvalue weighted by molar-refractivity contribution is 5.77. The highest BCUT2D eigenvalue weighted by Crippen LogP contribution is 2.39. The lowest BCUT2D eigenvalue weighted by Crippen LogP contribution is -2.39. The lowest BCUT2D eigenvalue weighted by Gasteiger charge is -2.28. The van der Waals surface area contributed by atoms with Gasteiger partial charge in [0.15, 0.2) is 0 Å². The molecule has 0 amide bonds. The first-order valence-corrected chi connectivity index (χ1v) is 7.11. The summed E-state index contributed by atoms with van der Waals surface area (Å²) in [5.74, 6) is -0.167. The van der Waals surface area contributed by atoms with Gasteiger partial charge in [-0.1, -0.05) is 26.0 Å². The Hall–Kier alpha value is -2.24. The van der Waals surface area contributed by atoms with Gasteiger partial charge in [0.2, 0.25) is 5.95 Å². The minimum absolute atomic E-state index is 0.0633. The van der Waals surface area contributed by atoms with Gasteiger partial charge in [-0.25, -0.2) is 4.98 Å². The Morgan fingerprint density at radius 3 is 2.62 bits per heavy atom. The van der Waals surface area contributed by atoms with Gasteiger partial charge in [-0.15, -0.1) is 10.2 Å². The van der Waals surface area contributed by atoms with Crippen molar-refractivity contribution in [3.63, 3.8) is 0 Å². The van der Waals surface area contributed by atoms with Crippen LogP contribution in [0.3, 0.4) is 0 Å². The summed E-state index contributed by atoms with van der Waals surface area (Å²) in [6, 6.07) is 7.54. The third kappa shape index (κ3) is 2.20. The van der Waals surface area contributed by atoms with Gasteiger partial charge >= 0.3 is 5.97 Å². The molecule has 6 heteroatoms. The number of fused-ring (bicyclic) bond motifs is 1. The summed E-state index contributed by atoms with van der Waals surface area (Å²) in [6.07, 6.45) is 0.607. The van der Waals surface area contributed by atoms with Crippen LogP contribution in [0.1, 0.15) is 20.3 Å². The molecule has 0 radical (unpaired) electrons. The third-order valence-electron chi connectivity index (χ3n) is 4.46. The first kappa shape index (κ1) is 13.7. The lowest BCUT2D eigenvalue weighted by molar-refractivity contribution is -0.150. The largest absolute Gasteiger partial charge is 0.481 e. The molecule has 1 saturated heterocycles. The Morgan fingerprint density at radius 2 is 2.00 bits per heavy atom. The van der Waals surface area contributed by atoms with Crippen LogP contribution in [0.15, 0.2) is 24.3 Å². The average molecular weight is 286 g/mol. The number of rotatable bonds is 3. The van der Waals surface area contributed by atoms with Gasteiger partial charge in [0.1, 0.15) is 5.52 Å². The molecule has 1 aromatic heterocycles. The average Bonchev–Trinajstić information content (AvgIpc) is 2.93. The fraction of sp³-hybridized carbons (Fsp3) is 0.467. The van der Waals surface area contributed by atoms with Crippen LogP contribution in [0.4, 0.5) is 5.95 Å². The molecule has 3 rings (SSSR count).